The lowest BCUT2D eigenvalue weighted by atomic mass is 9.59. The van der Waals surface area contributed by atoms with Crippen molar-refractivity contribution in [3.63, 3.8) is 0 Å². The van der Waals surface area contributed by atoms with E-state index in [9.17, 15) is 0 Å². The molecule has 0 bridgehead atoms. The normalized spacial score (nSPS) is 47.8. The minimum Gasteiger partial charge on any atom is -0.0805 e. The van der Waals surface area contributed by atoms with Crippen LogP contribution in [0.15, 0.2) is 48.6 Å². The lowest BCUT2D eigenvalue weighted by Crippen LogP contribution is -2.39. The third kappa shape index (κ3) is 2.32. The van der Waals surface area contributed by atoms with E-state index in [2.05, 4.69) is 76.3 Å². The van der Waals surface area contributed by atoms with Gasteiger partial charge in [-0.3, -0.25) is 0 Å². The van der Waals surface area contributed by atoms with E-state index in [1.807, 2.05) is 0 Å². The molecule has 0 aromatic heterocycles. The molecule has 7 atom stereocenters. The van der Waals surface area contributed by atoms with Gasteiger partial charge in [0, 0.05) is 0 Å². The topological polar surface area (TPSA) is 0 Å². The molecule has 0 heteroatoms. The molecule has 0 spiro atoms. The molecule has 4 rings (SSSR count). The van der Waals surface area contributed by atoms with Gasteiger partial charge < -0.3 is 0 Å². The number of hydrogen-bond donors (Lipinski definition) is 0. The van der Waals surface area contributed by atoms with Crippen LogP contribution in [-0.4, -0.2) is 0 Å². The Balaban J connectivity index is 1.71. The lowest BCUT2D eigenvalue weighted by molar-refractivity contribution is 0.0524. The summed E-state index contributed by atoms with van der Waals surface area (Å²) in [6, 6.07) is 0. The van der Waals surface area contributed by atoms with Crippen molar-refractivity contribution in [2.45, 2.75) is 40.5 Å². The Hall–Kier alpha value is -1.04. The minimum atomic E-state index is 0.414. The maximum Gasteiger partial charge on any atom is -0.00954 e. The third-order valence-electron chi connectivity index (χ3n) is 7.65. The number of fused-ring (bicyclic) bond motifs is 3. The summed E-state index contributed by atoms with van der Waals surface area (Å²) in [5, 5.41) is 0. The van der Waals surface area contributed by atoms with E-state index in [-0.39, 0.29) is 0 Å². The number of hydrogen-bond acceptors (Lipinski definition) is 0. The molecule has 0 N–H and O–H groups in total. The van der Waals surface area contributed by atoms with Crippen LogP contribution in [0.4, 0.5) is 0 Å². The highest BCUT2D eigenvalue weighted by molar-refractivity contribution is 5.29. The Morgan fingerprint density at radius 2 is 1.17 bits per heavy atom. The molecule has 23 heavy (non-hydrogen) atoms. The molecule has 0 aromatic rings. The third-order valence-corrected chi connectivity index (χ3v) is 7.65. The Kier molecular flexibility index (Phi) is 3.70. The average Bonchev–Trinajstić information content (AvgIpc) is 3.05. The van der Waals surface area contributed by atoms with Gasteiger partial charge in [-0.1, -0.05) is 76.3 Å². The van der Waals surface area contributed by atoms with Gasteiger partial charge in [-0.25, -0.2) is 0 Å². The lowest BCUT2D eigenvalue weighted by Gasteiger charge is -2.45. The first-order valence-electron chi connectivity index (χ1n) is 9.70. The van der Waals surface area contributed by atoms with Gasteiger partial charge in [0.05, 0.1) is 0 Å². The highest BCUT2D eigenvalue weighted by Crippen LogP contribution is 2.61. The van der Waals surface area contributed by atoms with Crippen molar-refractivity contribution >= 4 is 0 Å². The van der Waals surface area contributed by atoms with Crippen LogP contribution in [0.1, 0.15) is 40.5 Å². The second kappa shape index (κ2) is 5.50. The Morgan fingerprint density at radius 3 is 1.61 bits per heavy atom. The molecule has 4 aliphatic carbocycles. The predicted molar refractivity (Wildman–Crippen MR) is 98.8 cm³/mol. The maximum absolute atomic E-state index is 2.59. The van der Waals surface area contributed by atoms with Crippen molar-refractivity contribution < 1.29 is 0 Å². The average molecular weight is 309 g/mol. The smallest absolute Gasteiger partial charge is 0.00954 e. The molecule has 0 amide bonds. The zero-order valence-electron chi connectivity index (χ0n) is 15.2. The van der Waals surface area contributed by atoms with Crippen LogP contribution in [0.3, 0.4) is 0 Å². The quantitative estimate of drug-likeness (QED) is 0.583. The molecular weight excluding hydrogens is 276 g/mol. The molecule has 2 fully saturated rings. The molecule has 0 saturated heterocycles. The molecule has 0 aromatic carbocycles. The monoisotopic (exact) mass is 308 g/mol. The summed E-state index contributed by atoms with van der Waals surface area (Å²) in [6.45, 7) is 10.1. The first-order chi connectivity index (χ1) is 11.0. The van der Waals surface area contributed by atoms with Gasteiger partial charge >= 0.3 is 0 Å². The largest absolute Gasteiger partial charge is 0.0805 e. The van der Waals surface area contributed by atoms with Crippen LogP contribution in [0, 0.1) is 52.8 Å². The second-order valence-corrected chi connectivity index (χ2v) is 9.36. The van der Waals surface area contributed by atoms with Crippen LogP contribution in [0.5, 0.6) is 0 Å². The Bertz CT molecular complexity index is 539. The zero-order valence-corrected chi connectivity index (χ0v) is 15.2. The van der Waals surface area contributed by atoms with E-state index < -0.39 is 0 Å². The fourth-order valence-electron chi connectivity index (χ4n) is 6.86. The molecule has 0 radical (unpaired) electrons. The van der Waals surface area contributed by atoms with Crippen LogP contribution in [-0.2, 0) is 0 Å². The van der Waals surface area contributed by atoms with Crippen LogP contribution in [0.25, 0.3) is 0 Å². The van der Waals surface area contributed by atoms with Gasteiger partial charge in [0.1, 0.15) is 0 Å². The first-order valence-corrected chi connectivity index (χ1v) is 9.70. The predicted octanol–water partition coefficient (Wildman–Crippen LogP) is 6.04. The van der Waals surface area contributed by atoms with E-state index in [4.69, 9.17) is 0 Å². The van der Waals surface area contributed by atoms with Crippen molar-refractivity contribution in [3.8, 4) is 0 Å². The molecule has 2 saturated carbocycles. The van der Waals surface area contributed by atoms with E-state index in [0.29, 0.717) is 17.3 Å². The second-order valence-electron chi connectivity index (χ2n) is 9.36. The summed E-state index contributed by atoms with van der Waals surface area (Å²) in [5.74, 6) is 6.31. The molecular formula is C23H32. The summed E-state index contributed by atoms with van der Waals surface area (Å²) >= 11 is 0. The molecule has 124 valence electrons. The van der Waals surface area contributed by atoms with E-state index in [1.165, 1.54) is 12.8 Å². The van der Waals surface area contributed by atoms with Gasteiger partial charge in [0.2, 0.25) is 0 Å². The molecule has 7 unspecified atom stereocenters. The standard InChI is InChI=1S/C23H32/c1-15-13-16(2)21(14-15)23(3,4)22-19-11-7-5-9-17(19)18-10-6-8-12-20(18)22/h5-12,15-22H,13-14H2,1-4H3. The van der Waals surface area contributed by atoms with Crippen molar-refractivity contribution in [2.75, 3.05) is 0 Å². The summed E-state index contributed by atoms with van der Waals surface area (Å²) in [5.41, 5.74) is 0.414. The first kappa shape index (κ1) is 15.5. The van der Waals surface area contributed by atoms with Crippen molar-refractivity contribution in [3.05, 3.63) is 48.6 Å². The number of rotatable bonds is 2. The number of allylic oxidation sites excluding steroid dienone is 8. The van der Waals surface area contributed by atoms with Crippen LogP contribution in [0.2, 0.25) is 0 Å². The van der Waals surface area contributed by atoms with Gasteiger partial charge in [-0.2, -0.15) is 0 Å². The van der Waals surface area contributed by atoms with Gasteiger partial charge in [-0.15, -0.1) is 0 Å². The van der Waals surface area contributed by atoms with E-state index >= 15 is 0 Å². The molecule has 0 heterocycles. The summed E-state index contributed by atoms with van der Waals surface area (Å²) in [6.07, 6.45) is 22.0. The van der Waals surface area contributed by atoms with Gasteiger partial charge in [0.15, 0.2) is 0 Å². The van der Waals surface area contributed by atoms with Gasteiger partial charge in [0.25, 0.3) is 0 Å². The fraction of sp³-hybridized carbons (Fsp3) is 0.652. The van der Waals surface area contributed by atoms with Crippen molar-refractivity contribution in [2.24, 2.45) is 52.8 Å². The van der Waals surface area contributed by atoms with Crippen LogP contribution >= 0.6 is 0 Å². The van der Waals surface area contributed by atoms with Gasteiger partial charge in [-0.05, 0) is 65.6 Å². The van der Waals surface area contributed by atoms with Crippen LogP contribution < -0.4 is 0 Å². The summed E-state index contributed by atoms with van der Waals surface area (Å²) in [4.78, 5) is 0. The van der Waals surface area contributed by atoms with E-state index in [1.54, 1.807) is 0 Å². The Labute approximate surface area is 142 Å². The highest BCUT2D eigenvalue weighted by atomic mass is 14.6. The Morgan fingerprint density at radius 1 is 0.696 bits per heavy atom. The molecule has 0 nitrogen and oxygen atoms in total. The molecule has 4 aliphatic rings. The summed E-state index contributed by atoms with van der Waals surface area (Å²) < 4.78 is 0. The molecule has 0 aliphatic heterocycles. The van der Waals surface area contributed by atoms with Crippen molar-refractivity contribution in [1.82, 2.24) is 0 Å². The maximum atomic E-state index is 2.59. The SMILES string of the molecule is CC1CC(C)C(C(C)(C)C2C3C=CC=CC3C3C=CC=CC32)C1. The fourth-order valence-corrected chi connectivity index (χ4v) is 6.86. The van der Waals surface area contributed by atoms with E-state index in [0.717, 1.165) is 35.5 Å². The van der Waals surface area contributed by atoms with Crippen molar-refractivity contribution in [1.29, 1.82) is 0 Å². The summed E-state index contributed by atoms with van der Waals surface area (Å²) in [7, 11) is 0. The highest BCUT2D eigenvalue weighted by Gasteiger charge is 2.55. The minimum absolute atomic E-state index is 0.414. The zero-order chi connectivity index (χ0) is 16.2.